The molecule has 180 valence electrons. The maximum atomic E-state index is 2.70. The van der Waals surface area contributed by atoms with Crippen LogP contribution in [-0.4, -0.2) is 27.2 Å². The van der Waals surface area contributed by atoms with Crippen LogP contribution in [0.2, 0.25) is 12.1 Å². The maximum absolute atomic E-state index is 2.70. The summed E-state index contributed by atoms with van der Waals surface area (Å²) >= 11 is -0.909. The van der Waals surface area contributed by atoms with Crippen molar-refractivity contribution in [2.75, 3.05) is 0 Å². The first kappa shape index (κ1) is 25.8. The summed E-state index contributed by atoms with van der Waals surface area (Å²) in [7, 11) is -1.17. The largest absolute Gasteiger partial charge is 1.00 e. The topological polar surface area (TPSA) is 0 Å². The number of hydrogen-bond acceptors (Lipinski definition) is 0. The molecule has 0 aromatic heterocycles. The number of rotatable bonds is 2. The standard InChI is InChI=1S/C18H15Si2.C14H11.2ClH.Zr/c1-12-10-15-16-11-13-4-2-3-5-14(13)17(15)18(12)20-8-6-19(16)7-9-20;1-10-8-12-7-6-11-4-2-3-5-13(11)14(12)9-10;;;/h2-6,8,11,14H,7,9H2,1H3;2-9H,1H3;2*1H;/q;;;;+2/p-2/b19-16-,20-18+;;;;. The molecule has 0 saturated carbocycles. The van der Waals surface area contributed by atoms with Gasteiger partial charge in [0.05, 0.1) is 0 Å². The number of benzene rings is 2. The summed E-state index contributed by atoms with van der Waals surface area (Å²) in [5.74, 6) is 0.491. The molecule has 0 amide bonds. The number of fused-ring (bicyclic) bond motifs is 5. The fourth-order valence-corrected chi connectivity index (χ4v) is 19.2. The van der Waals surface area contributed by atoms with Gasteiger partial charge < -0.3 is 24.8 Å². The van der Waals surface area contributed by atoms with E-state index in [1.807, 2.05) is 8.45 Å². The molecule has 9 rings (SSSR count). The molecular weight excluding hydrogens is 603 g/mol. The van der Waals surface area contributed by atoms with Crippen molar-refractivity contribution < 1.29 is 48.0 Å². The van der Waals surface area contributed by atoms with Crippen molar-refractivity contribution in [3.63, 3.8) is 0 Å². The fraction of sp³-hybridized carbons (Fsp3) is 0.188. The van der Waals surface area contributed by atoms with Gasteiger partial charge in [-0.1, -0.05) is 0 Å². The van der Waals surface area contributed by atoms with Crippen LogP contribution in [0.3, 0.4) is 0 Å². The van der Waals surface area contributed by atoms with Crippen LogP contribution >= 0.6 is 0 Å². The zero-order valence-corrected chi connectivity index (χ0v) is 26.9. The van der Waals surface area contributed by atoms with Crippen molar-refractivity contribution in [2.45, 2.75) is 29.6 Å². The third-order valence-corrected chi connectivity index (χ3v) is 19.5. The molecule has 2 atom stereocenters. The van der Waals surface area contributed by atoms with E-state index < -0.39 is 40.1 Å². The van der Waals surface area contributed by atoms with Crippen molar-refractivity contribution in [1.82, 2.24) is 0 Å². The van der Waals surface area contributed by atoms with Crippen LogP contribution in [0.25, 0.3) is 16.8 Å². The Morgan fingerprint density at radius 1 is 0.892 bits per heavy atom. The predicted molar refractivity (Wildman–Crippen MR) is 150 cm³/mol. The molecule has 0 spiro atoms. The molecular formula is C32H26Cl2Si2Zr. The van der Waals surface area contributed by atoms with Crippen molar-refractivity contribution in [3.05, 3.63) is 120 Å². The van der Waals surface area contributed by atoms with Crippen LogP contribution in [0, 0.1) is 5.92 Å². The zero-order chi connectivity index (χ0) is 23.3. The van der Waals surface area contributed by atoms with Gasteiger partial charge in [-0.2, -0.15) is 0 Å². The first-order valence-electron chi connectivity index (χ1n) is 12.8. The molecule has 5 heteroatoms. The molecule has 4 aliphatic carbocycles. The summed E-state index contributed by atoms with van der Waals surface area (Å²) < 4.78 is 2.51. The number of allylic oxidation sites excluding steroid dienone is 11. The molecule has 6 bridgehead atoms. The Morgan fingerprint density at radius 2 is 1.70 bits per heavy atom. The summed E-state index contributed by atoms with van der Waals surface area (Å²) in [6.45, 7) is 4.92. The van der Waals surface area contributed by atoms with Gasteiger partial charge in [0.1, 0.15) is 0 Å². The van der Waals surface area contributed by atoms with E-state index in [0.717, 1.165) is 0 Å². The van der Waals surface area contributed by atoms with E-state index in [9.17, 15) is 0 Å². The van der Waals surface area contributed by atoms with Gasteiger partial charge in [0.2, 0.25) is 0 Å². The molecule has 3 heterocycles. The number of hydrogen-bond donors (Lipinski definition) is 0. The first-order chi connectivity index (χ1) is 17.2. The third-order valence-electron chi connectivity index (χ3n) is 8.74. The van der Waals surface area contributed by atoms with E-state index in [1.165, 1.54) is 28.4 Å². The molecule has 7 aliphatic rings. The van der Waals surface area contributed by atoms with Gasteiger partial charge in [-0.3, -0.25) is 0 Å². The smallest absolute Gasteiger partial charge is 1.00 e. The third kappa shape index (κ3) is 3.69. The summed E-state index contributed by atoms with van der Waals surface area (Å²) in [6, 6.07) is 16.7. The van der Waals surface area contributed by atoms with Crippen LogP contribution in [0.1, 0.15) is 28.6 Å². The van der Waals surface area contributed by atoms with Crippen LogP contribution in [0.4, 0.5) is 0 Å². The molecule has 0 fully saturated rings. The molecule has 0 N–H and O–H groups in total. The van der Waals surface area contributed by atoms with Crippen molar-refractivity contribution in [1.29, 1.82) is 0 Å². The summed E-state index contributed by atoms with van der Waals surface area (Å²) in [6.07, 6.45) is 14.6. The van der Waals surface area contributed by atoms with E-state index in [0.29, 0.717) is 9.54 Å². The minimum Gasteiger partial charge on any atom is -1.00 e. The van der Waals surface area contributed by atoms with E-state index >= 15 is 0 Å². The molecule has 3 aliphatic heterocycles. The van der Waals surface area contributed by atoms with Crippen LogP contribution < -0.4 is 24.8 Å². The van der Waals surface area contributed by atoms with Gasteiger partial charge in [-0.05, 0) is 0 Å². The Hall–Kier alpha value is -1.48. The van der Waals surface area contributed by atoms with Crippen molar-refractivity contribution >= 4 is 44.0 Å². The van der Waals surface area contributed by atoms with Gasteiger partial charge >= 0.3 is 223 Å². The fourth-order valence-electron chi connectivity index (χ4n) is 7.10. The quantitative estimate of drug-likeness (QED) is 0.433. The Balaban J connectivity index is 0.00000126. The molecule has 37 heavy (non-hydrogen) atoms. The minimum absolute atomic E-state index is 0. The first-order valence-corrected chi connectivity index (χ1v) is 19.0. The zero-order valence-electron chi connectivity index (χ0n) is 20.9. The van der Waals surface area contributed by atoms with Crippen LogP contribution in [-0.2, 0) is 23.2 Å². The summed E-state index contributed by atoms with van der Waals surface area (Å²) in [5, 5.41) is 6.36. The number of halogens is 2. The normalized spacial score (nSPS) is 27.7. The second kappa shape index (κ2) is 9.61. The Kier molecular flexibility index (Phi) is 6.70. The molecule has 2 unspecified atom stereocenters. The molecule has 0 saturated heterocycles. The van der Waals surface area contributed by atoms with Gasteiger partial charge in [-0.15, -0.1) is 0 Å². The molecule has 2 aromatic rings. The SMILES string of the molecule is CC1=Cc2c(ccc3ccccc23)[CH]1[Zr+2][C]1=C(C)/C2=[Si]3C=C/[Si](=C4\C=C5C=CC=CC5C2=C14)CC/3.[Cl-].[Cl-]. The molecule has 0 nitrogen and oxygen atoms in total. The average Bonchev–Trinajstić information content (AvgIpc) is 3.39. The average molecular weight is 629 g/mol. The second-order valence-electron chi connectivity index (χ2n) is 10.6. The summed E-state index contributed by atoms with van der Waals surface area (Å²) in [5.41, 5.74) is 16.9. The van der Waals surface area contributed by atoms with E-state index in [1.54, 1.807) is 38.6 Å². The van der Waals surface area contributed by atoms with E-state index in [-0.39, 0.29) is 24.8 Å². The monoisotopic (exact) mass is 626 g/mol. The minimum atomic E-state index is -0.909. The van der Waals surface area contributed by atoms with Crippen molar-refractivity contribution in [2.24, 2.45) is 5.92 Å². The Labute approximate surface area is 246 Å². The van der Waals surface area contributed by atoms with Crippen LogP contribution in [0.5, 0.6) is 0 Å². The van der Waals surface area contributed by atoms with E-state index in [2.05, 4.69) is 98.1 Å². The second-order valence-corrected chi connectivity index (χ2v) is 18.7. The van der Waals surface area contributed by atoms with E-state index in [4.69, 9.17) is 0 Å². The van der Waals surface area contributed by atoms with Crippen LogP contribution in [0.15, 0.2) is 109 Å². The van der Waals surface area contributed by atoms with Gasteiger partial charge in [0, 0.05) is 0 Å². The Morgan fingerprint density at radius 3 is 2.54 bits per heavy atom. The molecule has 2 aromatic carbocycles. The predicted octanol–water partition coefficient (Wildman–Crippen LogP) is 0.814. The Bertz CT molecular complexity index is 1690. The van der Waals surface area contributed by atoms with Gasteiger partial charge in [0.15, 0.2) is 0 Å². The van der Waals surface area contributed by atoms with Crippen molar-refractivity contribution in [3.8, 4) is 0 Å². The maximum Gasteiger partial charge on any atom is -1.00 e. The molecule has 0 radical (unpaired) electrons. The van der Waals surface area contributed by atoms with Gasteiger partial charge in [0.25, 0.3) is 0 Å². The summed E-state index contributed by atoms with van der Waals surface area (Å²) in [4.78, 5) is 0. The van der Waals surface area contributed by atoms with Gasteiger partial charge in [-0.25, -0.2) is 0 Å².